The van der Waals surface area contributed by atoms with Gasteiger partial charge in [0.2, 0.25) is 5.95 Å². The number of nitrogens with one attached hydrogen (secondary N) is 2. The van der Waals surface area contributed by atoms with E-state index in [-0.39, 0.29) is 16.5 Å². The number of hydrogen-bond acceptors (Lipinski definition) is 5. The van der Waals surface area contributed by atoms with Crippen LogP contribution in [0, 0.1) is 5.95 Å². The van der Waals surface area contributed by atoms with Crippen molar-refractivity contribution < 1.29 is 17.6 Å². The molecule has 0 aliphatic rings. The Hall–Kier alpha value is -3.33. The Labute approximate surface area is 155 Å². The number of hydrogen-bond donors (Lipinski definition) is 2. The molecule has 7 nitrogen and oxygen atoms in total. The number of rotatable bonds is 5. The van der Waals surface area contributed by atoms with Gasteiger partial charge in [-0.05, 0) is 24.3 Å². The predicted octanol–water partition coefficient (Wildman–Crippen LogP) is 2.44. The normalized spacial score (nSPS) is 11.0. The highest BCUT2D eigenvalue weighted by molar-refractivity contribution is 7.92. The van der Waals surface area contributed by atoms with E-state index < -0.39 is 16.0 Å². The zero-order valence-corrected chi connectivity index (χ0v) is 15.0. The van der Waals surface area contributed by atoms with Gasteiger partial charge in [0.05, 0.1) is 10.5 Å². The van der Waals surface area contributed by atoms with Gasteiger partial charge in [-0.2, -0.15) is 4.39 Å². The van der Waals surface area contributed by atoms with Crippen LogP contribution in [0.1, 0.15) is 10.4 Å². The summed E-state index contributed by atoms with van der Waals surface area (Å²) in [5.74, 6) is -1.29. The first-order chi connectivity index (χ1) is 12.9. The Morgan fingerprint density at radius 3 is 2.44 bits per heavy atom. The van der Waals surface area contributed by atoms with Gasteiger partial charge in [-0.3, -0.25) is 14.5 Å². The van der Waals surface area contributed by atoms with Gasteiger partial charge in [-0.15, -0.1) is 0 Å². The molecule has 0 bridgehead atoms. The zero-order valence-electron chi connectivity index (χ0n) is 14.2. The molecule has 1 amide bonds. The highest BCUT2D eigenvalue weighted by atomic mass is 32.2. The fourth-order valence-corrected chi connectivity index (χ4v) is 3.41. The Morgan fingerprint density at radius 2 is 1.74 bits per heavy atom. The molecule has 3 rings (SSSR count). The van der Waals surface area contributed by atoms with Crippen molar-refractivity contribution >= 4 is 21.6 Å². The van der Waals surface area contributed by atoms with Crippen molar-refractivity contribution in [2.45, 2.75) is 4.90 Å². The van der Waals surface area contributed by atoms with Crippen LogP contribution in [-0.4, -0.2) is 31.3 Å². The van der Waals surface area contributed by atoms with E-state index in [1.807, 2.05) is 0 Å². The first-order valence-corrected chi connectivity index (χ1v) is 9.30. The third-order valence-corrected chi connectivity index (χ3v) is 5.08. The lowest BCUT2D eigenvalue weighted by Gasteiger charge is -2.10. The Morgan fingerprint density at radius 1 is 1.04 bits per heavy atom. The summed E-state index contributed by atoms with van der Waals surface area (Å²) in [6.45, 7) is 0. The maximum Gasteiger partial charge on any atom is 0.262 e. The number of carbonyl (C=O) groups is 1. The van der Waals surface area contributed by atoms with E-state index in [0.29, 0.717) is 16.7 Å². The monoisotopic (exact) mass is 386 g/mol. The third kappa shape index (κ3) is 4.09. The van der Waals surface area contributed by atoms with Crippen molar-refractivity contribution in [3.8, 4) is 11.1 Å². The number of pyridine rings is 2. The van der Waals surface area contributed by atoms with Gasteiger partial charge in [-0.1, -0.05) is 18.2 Å². The van der Waals surface area contributed by atoms with E-state index >= 15 is 0 Å². The number of sulfonamides is 1. The minimum Gasteiger partial charge on any atom is -0.355 e. The Balaban J connectivity index is 1.97. The quantitative estimate of drug-likeness (QED) is 0.656. The molecule has 0 aliphatic heterocycles. The lowest BCUT2D eigenvalue weighted by molar-refractivity contribution is 0.0962. The average molecular weight is 386 g/mol. The Bertz CT molecular complexity index is 1090. The van der Waals surface area contributed by atoms with E-state index in [4.69, 9.17) is 0 Å². The van der Waals surface area contributed by atoms with Crippen LogP contribution in [0.5, 0.6) is 0 Å². The number of aromatic nitrogens is 2. The minimum atomic E-state index is -3.97. The second-order valence-corrected chi connectivity index (χ2v) is 7.20. The molecule has 27 heavy (non-hydrogen) atoms. The lowest BCUT2D eigenvalue weighted by Crippen LogP contribution is -2.18. The molecule has 0 radical (unpaired) electrons. The summed E-state index contributed by atoms with van der Waals surface area (Å²) >= 11 is 0. The summed E-state index contributed by atoms with van der Waals surface area (Å²) in [5.41, 5.74) is 0.900. The number of nitrogens with zero attached hydrogens (tertiary/aromatic N) is 2. The molecule has 0 aliphatic carbocycles. The van der Waals surface area contributed by atoms with Crippen molar-refractivity contribution in [2.24, 2.45) is 0 Å². The van der Waals surface area contributed by atoms with Crippen LogP contribution < -0.4 is 10.0 Å². The maximum absolute atomic E-state index is 14.1. The van der Waals surface area contributed by atoms with E-state index in [9.17, 15) is 17.6 Å². The van der Waals surface area contributed by atoms with Crippen molar-refractivity contribution in [3.05, 3.63) is 72.6 Å². The van der Waals surface area contributed by atoms with Crippen LogP contribution >= 0.6 is 0 Å². The van der Waals surface area contributed by atoms with Gasteiger partial charge >= 0.3 is 0 Å². The molecular weight excluding hydrogens is 371 g/mol. The largest absolute Gasteiger partial charge is 0.355 e. The zero-order chi connectivity index (χ0) is 19.4. The van der Waals surface area contributed by atoms with Crippen LogP contribution in [0.4, 0.5) is 10.1 Å². The summed E-state index contributed by atoms with van der Waals surface area (Å²) in [4.78, 5) is 19.3. The molecule has 0 fully saturated rings. The van der Waals surface area contributed by atoms with Gasteiger partial charge < -0.3 is 5.32 Å². The van der Waals surface area contributed by atoms with Gasteiger partial charge in [0.1, 0.15) is 5.69 Å². The second-order valence-electron chi connectivity index (χ2n) is 5.52. The van der Waals surface area contributed by atoms with E-state index in [1.54, 1.807) is 24.3 Å². The molecular formula is C18H15FN4O3S. The van der Waals surface area contributed by atoms with Crippen LogP contribution in [0.15, 0.2) is 66.0 Å². The van der Waals surface area contributed by atoms with Crippen molar-refractivity contribution in [3.63, 3.8) is 0 Å². The standard InChI is InChI=1S/C18H15FN4O3S/c1-20-18(24)14-7-12(9-21-10-14)13-8-16(17(19)22-11-13)23-27(25,26)15-5-3-2-4-6-15/h2-11,23H,1H3,(H,20,24). The first kappa shape index (κ1) is 18.5. The molecule has 0 spiro atoms. The number of benzene rings is 1. The molecule has 0 saturated carbocycles. The SMILES string of the molecule is CNC(=O)c1cncc(-c2cnc(F)c(NS(=O)(=O)c3ccccc3)c2)c1. The number of anilines is 1. The first-order valence-electron chi connectivity index (χ1n) is 7.81. The van der Waals surface area contributed by atoms with E-state index in [1.165, 1.54) is 43.8 Å². The summed E-state index contributed by atoms with van der Waals surface area (Å²) in [6, 6.07) is 10.4. The highest BCUT2D eigenvalue weighted by Gasteiger charge is 2.17. The molecule has 138 valence electrons. The molecule has 9 heteroatoms. The van der Waals surface area contributed by atoms with Gasteiger partial charge in [-0.25, -0.2) is 13.4 Å². The van der Waals surface area contributed by atoms with Crippen molar-refractivity contribution in [2.75, 3.05) is 11.8 Å². The van der Waals surface area contributed by atoms with Gasteiger partial charge in [0.15, 0.2) is 0 Å². The van der Waals surface area contributed by atoms with Crippen LogP contribution in [0.3, 0.4) is 0 Å². The van der Waals surface area contributed by atoms with Crippen molar-refractivity contribution in [1.82, 2.24) is 15.3 Å². The fourth-order valence-electron chi connectivity index (χ4n) is 2.35. The summed E-state index contributed by atoms with van der Waals surface area (Å²) in [5, 5.41) is 2.48. The van der Waals surface area contributed by atoms with E-state index in [0.717, 1.165) is 0 Å². The third-order valence-electron chi connectivity index (χ3n) is 3.70. The number of amides is 1. The minimum absolute atomic E-state index is 0.00177. The topological polar surface area (TPSA) is 101 Å². The number of carbonyl (C=O) groups excluding carboxylic acids is 1. The van der Waals surface area contributed by atoms with Crippen LogP contribution in [-0.2, 0) is 10.0 Å². The average Bonchev–Trinajstić information content (AvgIpc) is 2.69. The maximum atomic E-state index is 14.1. The molecule has 1 aromatic carbocycles. The summed E-state index contributed by atoms with van der Waals surface area (Å²) in [6.07, 6.45) is 4.09. The van der Waals surface area contributed by atoms with Crippen molar-refractivity contribution in [1.29, 1.82) is 0 Å². The van der Waals surface area contributed by atoms with Gasteiger partial charge in [0, 0.05) is 36.8 Å². The molecule has 2 aromatic heterocycles. The molecule has 0 unspecified atom stereocenters. The second kappa shape index (κ2) is 7.50. The highest BCUT2D eigenvalue weighted by Crippen LogP contribution is 2.25. The van der Waals surface area contributed by atoms with Gasteiger partial charge in [0.25, 0.3) is 15.9 Å². The summed E-state index contributed by atoms with van der Waals surface area (Å²) in [7, 11) is -2.48. The molecule has 2 N–H and O–H groups in total. The molecule has 0 saturated heterocycles. The Kier molecular flexibility index (Phi) is 5.13. The predicted molar refractivity (Wildman–Crippen MR) is 98.1 cm³/mol. The molecule has 3 aromatic rings. The molecule has 2 heterocycles. The van der Waals surface area contributed by atoms with E-state index in [2.05, 4.69) is 20.0 Å². The smallest absolute Gasteiger partial charge is 0.262 e. The number of halogens is 1. The molecule has 0 atom stereocenters. The summed E-state index contributed by atoms with van der Waals surface area (Å²) < 4.78 is 41.1. The fraction of sp³-hybridized carbons (Fsp3) is 0.0556. The lowest BCUT2D eigenvalue weighted by atomic mass is 10.1. The van der Waals surface area contributed by atoms with Crippen LogP contribution in [0.25, 0.3) is 11.1 Å². The van der Waals surface area contributed by atoms with Crippen LogP contribution in [0.2, 0.25) is 0 Å².